The molecule has 0 saturated carbocycles. The van der Waals surface area contributed by atoms with Crippen molar-refractivity contribution >= 4 is 23.1 Å². The van der Waals surface area contributed by atoms with Gasteiger partial charge in [-0.25, -0.2) is 4.98 Å². The topological polar surface area (TPSA) is 72.7 Å². The lowest BCUT2D eigenvalue weighted by Gasteiger charge is -2.08. The summed E-state index contributed by atoms with van der Waals surface area (Å²) in [7, 11) is 0. The molecule has 0 saturated heterocycles. The van der Waals surface area contributed by atoms with Crippen LogP contribution in [0.3, 0.4) is 0 Å². The predicted molar refractivity (Wildman–Crippen MR) is 85.3 cm³/mol. The molecule has 0 aliphatic rings. The van der Waals surface area contributed by atoms with Crippen LogP contribution in [-0.4, -0.2) is 25.0 Å². The Hall–Kier alpha value is -2.54. The van der Waals surface area contributed by atoms with E-state index < -0.39 is 0 Å². The SMILES string of the molecule is Cc1ncn(-c2ccc(NC(=O)Cc3csnn3)cc2)c1C. The van der Waals surface area contributed by atoms with Crippen LogP contribution in [-0.2, 0) is 11.2 Å². The molecule has 0 spiro atoms. The van der Waals surface area contributed by atoms with Crippen LogP contribution in [0.1, 0.15) is 17.1 Å². The summed E-state index contributed by atoms with van der Waals surface area (Å²) in [4.78, 5) is 16.2. The maximum Gasteiger partial charge on any atom is 0.230 e. The van der Waals surface area contributed by atoms with Gasteiger partial charge >= 0.3 is 0 Å². The number of nitrogens with one attached hydrogen (secondary N) is 1. The number of rotatable bonds is 4. The standard InChI is InChI=1S/C15H15N5OS/c1-10-11(2)20(9-16-10)14-5-3-12(4-6-14)17-15(21)7-13-8-22-19-18-13/h3-6,8-9H,7H2,1-2H3,(H,17,21). The maximum absolute atomic E-state index is 11.9. The Kier molecular flexibility index (Phi) is 3.97. The van der Waals surface area contributed by atoms with Gasteiger partial charge in [0.05, 0.1) is 24.1 Å². The van der Waals surface area contributed by atoms with Gasteiger partial charge in [0.1, 0.15) is 0 Å². The Labute approximate surface area is 132 Å². The van der Waals surface area contributed by atoms with Gasteiger partial charge in [0.25, 0.3) is 0 Å². The summed E-state index contributed by atoms with van der Waals surface area (Å²) in [6, 6.07) is 7.66. The number of aromatic nitrogens is 4. The minimum absolute atomic E-state index is 0.102. The van der Waals surface area contributed by atoms with E-state index in [0.29, 0.717) is 5.69 Å². The van der Waals surface area contributed by atoms with Crippen molar-refractivity contribution in [3.05, 3.63) is 53.1 Å². The average molecular weight is 313 g/mol. The monoisotopic (exact) mass is 313 g/mol. The minimum atomic E-state index is -0.102. The van der Waals surface area contributed by atoms with E-state index in [1.165, 1.54) is 11.5 Å². The molecule has 3 rings (SSSR count). The number of hydrogen-bond acceptors (Lipinski definition) is 5. The third-order valence-electron chi connectivity index (χ3n) is 3.43. The van der Waals surface area contributed by atoms with Crippen LogP contribution in [0.5, 0.6) is 0 Å². The number of aryl methyl sites for hydroxylation is 1. The molecule has 6 nitrogen and oxygen atoms in total. The second-order valence-electron chi connectivity index (χ2n) is 4.95. The first-order chi connectivity index (χ1) is 10.6. The molecular formula is C15H15N5OS. The number of amides is 1. The molecule has 0 unspecified atom stereocenters. The molecule has 0 bridgehead atoms. The molecule has 1 amide bonds. The molecule has 0 atom stereocenters. The summed E-state index contributed by atoms with van der Waals surface area (Å²) < 4.78 is 5.76. The molecular weight excluding hydrogens is 298 g/mol. The summed E-state index contributed by atoms with van der Waals surface area (Å²) >= 11 is 1.24. The van der Waals surface area contributed by atoms with Crippen LogP contribution < -0.4 is 5.32 Å². The highest BCUT2D eigenvalue weighted by molar-refractivity contribution is 7.03. The second kappa shape index (κ2) is 6.07. The number of imidazole rings is 1. The zero-order valence-electron chi connectivity index (χ0n) is 12.3. The fourth-order valence-corrected chi connectivity index (χ4v) is 2.55. The predicted octanol–water partition coefficient (Wildman–Crippen LogP) is 2.52. The van der Waals surface area contributed by atoms with Gasteiger partial charge in [0, 0.05) is 22.4 Å². The van der Waals surface area contributed by atoms with Crippen molar-refractivity contribution in [2.24, 2.45) is 0 Å². The van der Waals surface area contributed by atoms with Gasteiger partial charge < -0.3 is 9.88 Å². The van der Waals surface area contributed by atoms with E-state index in [0.717, 1.165) is 22.8 Å². The highest BCUT2D eigenvalue weighted by Crippen LogP contribution is 2.17. The van der Waals surface area contributed by atoms with Gasteiger partial charge in [-0.2, -0.15) is 0 Å². The molecule has 0 radical (unpaired) electrons. The van der Waals surface area contributed by atoms with Crippen molar-refractivity contribution in [3.63, 3.8) is 0 Å². The van der Waals surface area contributed by atoms with E-state index >= 15 is 0 Å². The normalized spacial score (nSPS) is 10.6. The molecule has 2 heterocycles. The quantitative estimate of drug-likeness (QED) is 0.803. The Balaban J connectivity index is 1.69. The van der Waals surface area contributed by atoms with Gasteiger partial charge in [-0.3, -0.25) is 4.79 Å². The van der Waals surface area contributed by atoms with E-state index in [1.54, 1.807) is 11.7 Å². The van der Waals surface area contributed by atoms with Crippen LogP contribution in [0, 0.1) is 13.8 Å². The van der Waals surface area contributed by atoms with Crippen LogP contribution in [0.15, 0.2) is 36.0 Å². The Bertz CT molecular complexity index is 777. The van der Waals surface area contributed by atoms with E-state index in [1.807, 2.05) is 42.7 Å². The highest BCUT2D eigenvalue weighted by atomic mass is 32.1. The molecule has 7 heteroatoms. The Morgan fingerprint density at radius 1 is 1.27 bits per heavy atom. The van der Waals surface area contributed by atoms with Gasteiger partial charge in [-0.05, 0) is 49.6 Å². The first-order valence-corrected chi connectivity index (χ1v) is 7.64. The number of carbonyl (C=O) groups excluding carboxylic acids is 1. The van der Waals surface area contributed by atoms with Crippen LogP contribution in [0.25, 0.3) is 5.69 Å². The summed E-state index contributed by atoms with van der Waals surface area (Å²) in [5.41, 5.74) is 4.57. The second-order valence-corrected chi connectivity index (χ2v) is 5.56. The van der Waals surface area contributed by atoms with Gasteiger partial charge in [0.15, 0.2) is 0 Å². The zero-order chi connectivity index (χ0) is 15.5. The Morgan fingerprint density at radius 3 is 2.64 bits per heavy atom. The number of anilines is 1. The molecule has 2 aromatic heterocycles. The number of carbonyl (C=O) groups is 1. The maximum atomic E-state index is 11.9. The smallest absolute Gasteiger partial charge is 0.230 e. The fraction of sp³-hybridized carbons (Fsp3) is 0.200. The highest BCUT2D eigenvalue weighted by Gasteiger charge is 2.07. The van der Waals surface area contributed by atoms with Crippen LogP contribution >= 0.6 is 11.5 Å². The van der Waals surface area contributed by atoms with Crippen molar-refractivity contribution in [1.82, 2.24) is 19.1 Å². The van der Waals surface area contributed by atoms with Gasteiger partial charge in [-0.15, -0.1) is 5.10 Å². The average Bonchev–Trinajstić information content (AvgIpc) is 3.12. The van der Waals surface area contributed by atoms with E-state index in [4.69, 9.17) is 0 Å². The van der Waals surface area contributed by atoms with Crippen molar-refractivity contribution < 1.29 is 4.79 Å². The molecule has 1 aromatic carbocycles. The van der Waals surface area contributed by atoms with Crippen molar-refractivity contribution in [2.45, 2.75) is 20.3 Å². The van der Waals surface area contributed by atoms with Crippen molar-refractivity contribution in [2.75, 3.05) is 5.32 Å². The third-order valence-corrected chi connectivity index (χ3v) is 3.98. The fourth-order valence-electron chi connectivity index (χ4n) is 2.10. The van der Waals surface area contributed by atoms with E-state index in [9.17, 15) is 4.79 Å². The summed E-state index contributed by atoms with van der Waals surface area (Å²) in [6.45, 7) is 4.01. The summed E-state index contributed by atoms with van der Waals surface area (Å²) in [5.74, 6) is -0.102. The molecule has 112 valence electrons. The van der Waals surface area contributed by atoms with Crippen molar-refractivity contribution in [1.29, 1.82) is 0 Å². The molecule has 3 aromatic rings. The molecule has 0 fully saturated rings. The van der Waals surface area contributed by atoms with Gasteiger partial charge in [0.2, 0.25) is 5.91 Å². The van der Waals surface area contributed by atoms with E-state index in [-0.39, 0.29) is 12.3 Å². The molecule has 0 aliphatic carbocycles. The summed E-state index contributed by atoms with van der Waals surface area (Å²) in [5, 5.41) is 8.48. The lowest BCUT2D eigenvalue weighted by Crippen LogP contribution is -2.14. The number of benzene rings is 1. The largest absolute Gasteiger partial charge is 0.326 e. The van der Waals surface area contributed by atoms with Gasteiger partial charge in [-0.1, -0.05) is 4.49 Å². The zero-order valence-corrected chi connectivity index (χ0v) is 13.1. The Morgan fingerprint density at radius 2 is 2.05 bits per heavy atom. The lowest BCUT2D eigenvalue weighted by atomic mass is 10.2. The van der Waals surface area contributed by atoms with E-state index in [2.05, 4.69) is 19.9 Å². The number of hydrogen-bond donors (Lipinski definition) is 1. The van der Waals surface area contributed by atoms with Crippen molar-refractivity contribution in [3.8, 4) is 5.69 Å². The summed E-state index contributed by atoms with van der Waals surface area (Å²) in [6.07, 6.45) is 2.03. The molecule has 0 aliphatic heterocycles. The molecule has 1 N–H and O–H groups in total. The minimum Gasteiger partial charge on any atom is -0.326 e. The first kappa shape index (κ1) is 14.4. The molecule has 22 heavy (non-hydrogen) atoms. The van der Waals surface area contributed by atoms with Crippen LogP contribution in [0.4, 0.5) is 5.69 Å². The van der Waals surface area contributed by atoms with Crippen LogP contribution in [0.2, 0.25) is 0 Å². The number of nitrogens with zero attached hydrogens (tertiary/aromatic N) is 4. The first-order valence-electron chi connectivity index (χ1n) is 6.80. The lowest BCUT2D eigenvalue weighted by molar-refractivity contribution is -0.115. The third kappa shape index (κ3) is 3.04.